The van der Waals surface area contributed by atoms with Gasteiger partial charge in [-0.1, -0.05) is 78.5 Å². The van der Waals surface area contributed by atoms with Crippen LogP contribution in [0.3, 0.4) is 0 Å². The number of furan rings is 1. The Morgan fingerprint density at radius 1 is 0.500 bits per heavy atom. The molecule has 1 aliphatic heterocycles. The van der Waals surface area contributed by atoms with E-state index in [0.717, 1.165) is 56.1 Å². The van der Waals surface area contributed by atoms with Gasteiger partial charge in [0.25, 0.3) is 0 Å². The molecule has 0 bridgehead atoms. The van der Waals surface area contributed by atoms with Crippen LogP contribution in [0.2, 0.25) is 0 Å². The van der Waals surface area contributed by atoms with Crippen molar-refractivity contribution in [3.8, 4) is 16.9 Å². The predicted octanol–water partition coefficient (Wildman–Crippen LogP) is 11.7. The Balaban J connectivity index is 1.12. The highest BCUT2D eigenvalue weighted by Crippen LogP contribution is 2.51. The largest absolute Gasteiger partial charge is 0.456 e. The number of hydrogen-bond acceptors (Lipinski definition) is 4. The molecule has 9 aromatic rings. The molecule has 0 atom stereocenters. The molecule has 0 radical (unpaired) electrons. The second-order valence-electron chi connectivity index (χ2n) is 11.6. The lowest BCUT2D eigenvalue weighted by molar-refractivity contribution is 0.669. The predicted molar refractivity (Wildman–Crippen MR) is 190 cm³/mol. The Morgan fingerprint density at radius 2 is 1.11 bits per heavy atom. The molecule has 4 nitrogen and oxygen atoms in total. The third-order valence-electron chi connectivity index (χ3n) is 8.98. The van der Waals surface area contributed by atoms with Crippen LogP contribution in [0, 0.1) is 0 Å². The van der Waals surface area contributed by atoms with Crippen molar-refractivity contribution in [1.29, 1.82) is 0 Å². The molecule has 46 heavy (non-hydrogen) atoms. The molecule has 0 N–H and O–H groups in total. The number of nitrogens with zero attached hydrogens (tertiary/aromatic N) is 3. The fourth-order valence-corrected chi connectivity index (χ4v) is 7.98. The van der Waals surface area contributed by atoms with Crippen LogP contribution in [-0.4, -0.2) is 9.55 Å². The minimum absolute atomic E-state index is 0.866. The molecule has 3 aromatic heterocycles. The first-order valence-electron chi connectivity index (χ1n) is 15.4. The van der Waals surface area contributed by atoms with E-state index in [1.807, 2.05) is 0 Å². The number of benzene rings is 6. The Labute approximate surface area is 269 Å². The van der Waals surface area contributed by atoms with Crippen LogP contribution < -0.4 is 4.90 Å². The van der Waals surface area contributed by atoms with Crippen LogP contribution in [0.5, 0.6) is 0 Å². The number of aromatic nitrogens is 2. The summed E-state index contributed by atoms with van der Waals surface area (Å²) in [5, 5.41) is 4.66. The van der Waals surface area contributed by atoms with Crippen LogP contribution in [0.15, 0.2) is 166 Å². The topological polar surface area (TPSA) is 34.2 Å². The zero-order chi connectivity index (χ0) is 30.2. The van der Waals surface area contributed by atoms with Crippen molar-refractivity contribution in [1.82, 2.24) is 9.55 Å². The minimum Gasteiger partial charge on any atom is -0.456 e. The van der Waals surface area contributed by atoms with E-state index in [2.05, 4.69) is 161 Å². The molecular weight excluding hydrogens is 583 g/mol. The normalized spacial score (nSPS) is 12.7. The highest BCUT2D eigenvalue weighted by atomic mass is 32.2. The van der Waals surface area contributed by atoms with E-state index in [9.17, 15) is 0 Å². The smallest absolute Gasteiger partial charge is 0.138 e. The fourth-order valence-electron chi connectivity index (χ4n) is 6.92. The summed E-state index contributed by atoms with van der Waals surface area (Å²) in [4.78, 5) is 9.96. The summed E-state index contributed by atoms with van der Waals surface area (Å²) in [5.74, 6) is 0.892. The monoisotopic (exact) mass is 607 g/mol. The van der Waals surface area contributed by atoms with Crippen LogP contribution in [0.1, 0.15) is 0 Å². The Bertz CT molecular complexity index is 2550. The number of hydrogen-bond donors (Lipinski definition) is 0. The Morgan fingerprint density at radius 3 is 1.83 bits per heavy atom. The maximum Gasteiger partial charge on any atom is 0.138 e. The van der Waals surface area contributed by atoms with Gasteiger partial charge in [0.05, 0.1) is 28.1 Å². The molecule has 0 spiro atoms. The first kappa shape index (κ1) is 25.5. The van der Waals surface area contributed by atoms with Crippen LogP contribution in [0.25, 0.3) is 60.7 Å². The SMILES string of the molecule is c1cc(-c2ccc3oc4ccc(-n5c6ccccc6c6ccccc65)cc4c3c2)nc(N2c3ccccc3Sc3ccccc32)c1. The molecule has 10 rings (SSSR count). The minimum atomic E-state index is 0.866. The van der Waals surface area contributed by atoms with Crippen molar-refractivity contribution in [2.75, 3.05) is 4.90 Å². The molecule has 0 saturated carbocycles. The first-order chi connectivity index (χ1) is 22.8. The fraction of sp³-hybridized carbons (Fsp3) is 0. The summed E-state index contributed by atoms with van der Waals surface area (Å²) in [6.07, 6.45) is 0. The molecule has 0 unspecified atom stereocenters. The highest BCUT2D eigenvalue weighted by Gasteiger charge is 2.25. The van der Waals surface area contributed by atoms with Gasteiger partial charge < -0.3 is 8.98 Å². The molecule has 1 aliphatic rings. The van der Waals surface area contributed by atoms with Crippen LogP contribution in [-0.2, 0) is 0 Å². The number of pyridine rings is 1. The van der Waals surface area contributed by atoms with Gasteiger partial charge in [-0.25, -0.2) is 4.98 Å². The van der Waals surface area contributed by atoms with E-state index in [0.29, 0.717) is 0 Å². The molecule has 4 heterocycles. The van der Waals surface area contributed by atoms with Gasteiger partial charge in [-0.15, -0.1) is 0 Å². The lowest BCUT2D eigenvalue weighted by Crippen LogP contribution is -2.16. The number of fused-ring (bicyclic) bond motifs is 8. The third-order valence-corrected chi connectivity index (χ3v) is 10.1. The number of rotatable bonds is 3. The van der Waals surface area contributed by atoms with Gasteiger partial charge in [-0.2, -0.15) is 0 Å². The molecule has 0 saturated heterocycles. The van der Waals surface area contributed by atoms with Crippen molar-refractivity contribution in [3.05, 3.63) is 152 Å². The molecular formula is C41H25N3OS. The molecule has 0 aliphatic carbocycles. The highest BCUT2D eigenvalue weighted by molar-refractivity contribution is 7.99. The summed E-state index contributed by atoms with van der Waals surface area (Å²) in [5.41, 5.74) is 9.48. The van der Waals surface area contributed by atoms with Gasteiger partial charge >= 0.3 is 0 Å². The van der Waals surface area contributed by atoms with Gasteiger partial charge in [0.2, 0.25) is 0 Å². The zero-order valence-electron chi connectivity index (χ0n) is 24.6. The second kappa shape index (κ2) is 9.86. The van der Waals surface area contributed by atoms with Crippen molar-refractivity contribution in [2.24, 2.45) is 0 Å². The van der Waals surface area contributed by atoms with Crippen molar-refractivity contribution < 1.29 is 4.42 Å². The zero-order valence-corrected chi connectivity index (χ0v) is 25.4. The summed E-state index contributed by atoms with van der Waals surface area (Å²) >= 11 is 1.80. The van der Waals surface area contributed by atoms with E-state index < -0.39 is 0 Å². The quantitative estimate of drug-likeness (QED) is 0.200. The maximum atomic E-state index is 6.35. The van der Waals surface area contributed by atoms with E-state index in [4.69, 9.17) is 9.40 Å². The average molecular weight is 608 g/mol. The maximum absolute atomic E-state index is 6.35. The third kappa shape index (κ3) is 3.79. The van der Waals surface area contributed by atoms with Gasteiger partial charge in [-0.3, -0.25) is 4.90 Å². The van der Waals surface area contributed by atoms with Gasteiger partial charge in [0, 0.05) is 42.6 Å². The molecule has 5 heteroatoms. The summed E-state index contributed by atoms with van der Waals surface area (Å²) < 4.78 is 8.70. The number of para-hydroxylation sites is 4. The van der Waals surface area contributed by atoms with Crippen molar-refractivity contribution in [3.63, 3.8) is 0 Å². The van der Waals surface area contributed by atoms with E-state index in [-0.39, 0.29) is 0 Å². The standard InChI is InChI=1S/C41H25N3OS/c1-3-13-33-28(10-1)29-11-2-4-14-34(29)43(33)27-21-23-38-31(25-27)30-24-26(20-22-37(30)45-38)32-12-9-19-41(42-32)44-35-15-5-7-17-39(35)46-40-18-8-6-16-36(40)44/h1-25H. The molecule has 0 fully saturated rings. The lowest BCUT2D eigenvalue weighted by atomic mass is 10.1. The molecule has 0 amide bonds. The van der Waals surface area contributed by atoms with Crippen molar-refractivity contribution >= 4 is 72.7 Å². The van der Waals surface area contributed by atoms with Gasteiger partial charge in [0.1, 0.15) is 17.0 Å². The van der Waals surface area contributed by atoms with Crippen LogP contribution >= 0.6 is 11.8 Å². The second-order valence-corrected chi connectivity index (χ2v) is 12.7. The van der Waals surface area contributed by atoms with Gasteiger partial charge in [0.15, 0.2) is 0 Å². The average Bonchev–Trinajstić information content (AvgIpc) is 3.65. The summed E-state index contributed by atoms with van der Waals surface area (Å²) in [7, 11) is 0. The van der Waals surface area contributed by atoms with Crippen molar-refractivity contribution in [2.45, 2.75) is 9.79 Å². The van der Waals surface area contributed by atoms with E-state index in [1.54, 1.807) is 11.8 Å². The Kier molecular flexibility index (Phi) is 5.47. The summed E-state index contributed by atoms with van der Waals surface area (Å²) in [6, 6.07) is 53.5. The van der Waals surface area contributed by atoms with E-state index >= 15 is 0 Å². The van der Waals surface area contributed by atoms with Gasteiger partial charge in [-0.05, 0) is 84.9 Å². The summed E-state index contributed by atoms with van der Waals surface area (Å²) in [6.45, 7) is 0. The van der Waals surface area contributed by atoms with E-state index in [1.165, 1.54) is 31.6 Å². The van der Waals surface area contributed by atoms with Crippen LogP contribution in [0.4, 0.5) is 17.2 Å². The lowest BCUT2D eigenvalue weighted by Gasteiger charge is -2.32. The number of anilines is 3. The molecule has 216 valence electrons. The first-order valence-corrected chi connectivity index (χ1v) is 16.2. The Hall–Kier alpha value is -5.78. The molecule has 6 aromatic carbocycles.